The van der Waals surface area contributed by atoms with Gasteiger partial charge in [0.1, 0.15) is 0 Å². The van der Waals surface area contributed by atoms with E-state index in [0.29, 0.717) is 12.5 Å². The summed E-state index contributed by atoms with van der Waals surface area (Å²) < 4.78 is 11.1. The maximum atomic E-state index is 9.04. The summed E-state index contributed by atoms with van der Waals surface area (Å²) in [6.07, 6.45) is 7.91. The van der Waals surface area contributed by atoms with Crippen molar-refractivity contribution in [3.05, 3.63) is 0 Å². The zero-order chi connectivity index (χ0) is 11.6. The van der Waals surface area contributed by atoms with E-state index >= 15 is 0 Å². The molecule has 2 atom stereocenters. The standard InChI is InChI=1S/C13H26O3/c1-2-12(11-14)7-3-5-9-15-13-8-4-6-10-16-13/h12-14H,2-11H2,1H3/t12-,13-/m1/s1. The normalized spacial score (nSPS) is 23.2. The Balaban J connectivity index is 1.90. The van der Waals surface area contributed by atoms with Crippen LogP contribution in [0.25, 0.3) is 0 Å². The number of aliphatic hydroxyl groups excluding tert-OH is 1. The van der Waals surface area contributed by atoms with Crippen LogP contribution in [0.3, 0.4) is 0 Å². The van der Waals surface area contributed by atoms with Crippen LogP contribution >= 0.6 is 0 Å². The highest BCUT2D eigenvalue weighted by Crippen LogP contribution is 2.15. The summed E-state index contributed by atoms with van der Waals surface area (Å²) in [5.74, 6) is 0.478. The number of aliphatic hydroxyl groups is 1. The van der Waals surface area contributed by atoms with Gasteiger partial charge in [-0.2, -0.15) is 0 Å². The Morgan fingerprint density at radius 1 is 1.38 bits per heavy atom. The number of hydrogen-bond donors (Lipinski definition) is 1. The van der Waals surface area contributed by atoms with Gasteiger partial charge in [-0.1, -0.05) is 19.8 Å². The summed E-state index contributed by atoms with van der Waals surface area (Å²) in [5, 5.41) is 9.04. The van der Waals surface area contributed by atoms with Gasteiger partial charge in [-0.15, -0.1) is 0 Å². The Morgan fingerprint density at radius 2 is 2.25 bits per heavy atom. The lowest BCUT2D eigenvalue weighted by atomic mass is 10.0. The van der Waals surface area contributed by atoms with Crippen molar-refractivity contribution in [2.24, 2.45) is 5.92 Å². The SMILES string of the molecule is CC[C@@H](CO)CCCCO[C@H]1CCCCO1. The van der Waals surface area contributed by atoms with Crippen LogP contribution in [0.2, 0.25) is 0 Å². The van der Waals surface area contributed by atoms with Gasteiger partial charge < -0.3 is 14.6 Å². The Labute approximate surface area is 99.1 Å². The number of hydrogen-bond acceptors (Lipinski definition) is 3. The molecule has 0 unspecified atom stereocenters. The minimum Gasteiger partial charge on any atom is -0.396 e. The molecule has 1 heterocycles. The first kappa shape index (κ1) is 13.9. The van der Waals surface area contributed by atoms with Gasteiger partial charge in [0, 0.05) is 19.8 Å². The van der Waals surface area contributed by atoms with Crippen molar-refractivity contribution in [3.8, 4) is 0 Å². The van der Waals surface area contributed by atoms with E-state index in [1.807, 2.05) is 0 Å². The van der Waals surface area contributed by atoms with Gasteiger partial charge in [-0.25, -0.2) is 0 Å². The molecule has 0 aromatic carbocycles. The molecule has 3 nitrogen and oxygen atoms in total. The van der Waals surface area contributed by atoms with Crippen molar-refractivity contribution in [3.63, 3.8) is 0 Å². The Kier molecular flexibility index (Phi) is 7.81. The van der Waals surface area contributed by atoms with Gasteiger partial charge in [0.25, 0.3) is 0 Å². The molecule has 1 rings (SSSR count). The van der Waals surface area contributed by atoms with E-state index in [4.69, 9.17) is 14.6 Å². The summed E-state index contributed by atoms with van der Waals surface area (Å²) in [6.45, 7) is 4.11. The lowest BCUT2D eigenvalue weighted by Crippen LogP contribution is -2.22. The fourth-order valence-corrected chi connectivity index (χ4v) is 2.02. The molecule has 0 radical (unpaired) electrons. The first-order valence-corrected chi connectivity index (χ1v) is 6.71. The van der Waals surface area contributed by atoms with E-state index in [-0.39, 0.29) is 6.29 Å². The van der Waals surface area contributed by atoms with E-state index in [9.17, 15) is 0 Å². The molecular formula is C13H26O3. The highest BCUT2D eigenvalue weighted by atomic mass is 16.7. The van der Waals surface area contributed by atoms with Gasteiger partial charge in [0.15, 0.2) is 6.29 Å². The fourth-order valence-electron chi connectivity index (χ4n) is 2.02. The van der Waals surface area contributed by atoms with E-state index in [1.54, 1.807) is 0 Å². The average molecular weight is 230 g/mol. The van der Waals surface area contributed by atoms with Crippen LogP contribution < -0.4 is 0 Å². The van der Waals surface area contributed by atoms with Crippen LogP contribution in [-0.4, -0.2) is 31.2 Å². The maximum absolute atomic E-state index is 9.04. The zero-order valence-electron chi connectivity index (χ0n) is 10.5. The van der Waals surface area contributed by atoms with Crippen molar-refractivity contribution in [2.45, 2.75) is 58.2 Å². The Bertz CT molecular complexity index is 151. The first-order valence-electron chi connectivity index (χ1n) is 6.71. The van der Waals surface area contributed by atoms with Crippen molar-refractivity contribution in [1.29, 1.82) is 0 Å². The van der Waals surface area contributed by atoms with Gasteiger partial charge in [0.2, 0.25) is 0 Å². The number of ether oxygens (including phenoxy) is 2. The molecule has 96 valence electrons. The zero-order valence-corrected chi connectivity index (χ0v) is 10.5. The summed E-state index contributed by atoms with van der Waals surface area (Å²) in [7, 11) is 0. The van der Waals surface area contributed by atoms with Crippen LogP contribution in [0.15, 0.2) is 0 Å². The van der Waals surface area contributed by atoms with Crippen molar-refractivity contribution in [2.75, 3.05) is 19.8 Å². The molecule has 3 heteroatoms. The lowest BCUT2D eigenvalue weighted by molar-refractivity contribution is -0.162. The molecule has 0 aromatic heterocycles. The second kappa shape index (κ2) is 8.97. The highest BCUT2D eigenvalue weighted by Gasteiger charge is 2.13. The Hall–Kier alpha value is -0.120. The Morgan fingerprint density at radius 3 is 2.88 bits per heavy atom. The average Bonchev–Trinajstić information content (AvgIpc) is 2.35. The van der Waals surface area contributed by atoms with Crippen LogP contribution in [-0.2, 0) is 9.47 Å². The van der Waals surface area contributed by atoms with Crippen LogP contribution in [0.1, 0.15) is 51.9 Å². The molecule has 1 N–H and O–H groups in total. The molecule has 0 spiro atoms. The maximum Gasteiger partial charge on any atom is 0.157 e. The summed E-state index contributed by atoms with van der Waals surface area (Å²) in [5.41, 5.74) is 0. The monoisotopic (exact) mass is 230 g/mol. The topological polar surface area (TPSA) is 38.7 Å². The highest BCUT2D eigenvalue weighted by molar-refractivity contribution is 4.56. The third-order valence-electron chi connectivity index (χ3n) is 3.28. The predicted octanol–water partition coefficient (Wildman–Crippen LogP) is 2.72. The smallest absolute Gasteiger partial charge is 0.157 e. The summed E-state index contributed by atoms with van der Waals surface area (Å²) in [4.78, 5) is 0. The molecule has 16 heavy (non-hydrogen) atoms. The minimum atomic E-state index is 0.0496. The van der Waals surface area contributed by atoms with Gasteiger partial charge in [0.05, 0.1) is 0 Å². The largest absolute Gasteiger partial charge is 0.396 e. The van der Waals surface area contributed by atoms with E-state index in [0.717, 1.165) is 45.3 Å². The van der Waals surface area contributed by atoms with Gasteiger partial charge >= 0.3 is 0 Å². The number of unbranched alkanes of at least 4 members (excludes halogenated alkanes) is 1. The molecular weight excluding hydrogens is 204 g/mol. The molecule has 1 fully saturated rings. The van der Waals surface area contributed by atoms with Crippen LogP contribution in [0.5, 0.6) is 0 Å². The second-order valence-corrected chi connectivity index (χ2v) is 4.62. The van der Waals surface area contributed by atoms with Crippen LogP contribution in [0.4, 0.5) is 0 Å². The third kappa shape index (κ3) is 5.83. The van der Waals surface area contributed by atoms with Gasteiger partial charge in [-0.3, -0.25) is 0 Å². The summed E-state index contributed by atoms with van der Waals surface area (Å²) >= 11 is 0. The lowest BCUT2D eigenvalue weighted by Gasteiger charge is -2.22. The molecule has 1 aliphatic heterocycles. The predicted molar refractivity (Wildman–Crippen MR) is 64.3 cm³/mol. The summed E-state index contributed by atoms with van der Waals surface area (Å²) in [6, 6.07) is 0. The molecule has 0 amide bonds. The van der Waals surface area contributed by atoms with Crippen molar-refractivity contribution in [1.82, 2.24) is 0 Å². The molecule has 0 saturated carbocycles. The van der Waals surface area contributed by atoms with E-state index in [2.05, 4.69) is 6.92 Å². The quantitative estimate of drug-likeness (QED) is 0.652. The first-order chi connectivity index (χ1) is 7.86. The van der Waals surface area contributed by atoms with Crippen molar-refractivity contribution < 1.29 is 14.6 Å². The second-order valence-electron chi connectivity index (χ2n) is 4.62. The minimum absolute atomic E-state index is 0.0496. The fraction of sp³-hybridized carbons (Fsp3) is 1.00. The molecule has 1 aliphatic rings. The van der Waals surface area contributed by atoms with Crippen LogP contribution in [0, 0.1) is 5.92 Å². The molecule has 0 aromatic rings. The van der Waals surface area contributed by atoms with E-state index in [1.165, 1.54) is 12.8 Å². The van der Waals surface area contributed by atoms with Gasteiger partial charge in [-0.05, 0) is 38.0 Å². The number of rotatable bonds is 8. The molecule has 0 aliphatic carbocycles. The molecule has 1 saturated heterocycles. The van der Waals surface area contributed by atoms with E-state index < -0.39 is 0 Å². The third-order valence-corrected chi connectivity index (χ3v) is 3.28. The molecule has 0 bridgehead atoms. The van der Waals surface area contributed by atoms with Crippen molar-refractivity contribution >= 4 is 0 Å².